The first-order chi connectivity index (χ1) is 9.15. The summed E-state index contributed by atoms with van der Waals surface area (Å²) in [7, 11) is 0. The fourth-order valence-electron chi connectivity index (χ4n) is 1.81. The first-order valence-corrected chi connectivity index (χ1v) is 6.46. The number of cyclic esters (lactones) is 1. The second kappa shape index (κ2) is 6.43. The molecule has 1 aliphatic rings. The second-order valence-electron chi connectivity index (χ2n) is 4.25. The molecule has 1 aromatic carbocycles. The average molecular weight is 283 g/mol. The van der Waals surface area contributed by atoms with E-state index in [-0.39, 0.29) is 12.0 Å². The van der Waals surface area contributed by atoms with Crippen LogP contribution in [0.1, 0.15) is 5.56 Å². The molecule has 0 atom stereocenters. The zero-order valence-corrected chi connectivity index (χ0v) is 11.2. The molecule has 0 saturated carbocycles. The van der Waals surface area contributed by atoms with Gasteiger partial charge in [0.05, 0.1) is 13.0 Å². The number of benzene rings is 1. The van der Waals surface area contributed by atoms with E-state index in [2.05, 4.69) is 5.32 Å². The van der Waals surface area contributed by atoms with Crippen molar-refractivity contribution in [2.45, 2.75) is 6.42 Å². The van der Waals surface area contributed by atoms with Crippen molar-refractivity contribution in [1.29, 1.82) is 0 Å². The van der Waals surface area contributed by atoms with Gasteiger partial charge in [0, 0.05) is 18.1 Å². The van der Waals surface area contributed by atoms with Gasteiger partial charge in [0.2, 0.25) is 5.91 Å². The molecule has 1 aliphatic heterocycles. The van der Waals surface area contributed by atoms with E-state index >= 15 is 0 Å². The number of hydrogen-bond donors (Lipinski definition) is 1. The van der Waals surface area contributed by atoms with Gasteiger partial charge < -0.3 is 15.0 Å². The number of rotatable bonds is 5. The predicted molar refractivity (Wildman–Crippen MR) is 71.1 cm³/mol. The van der Waals surface area contributed by atoms with E-state index in [1.54, 1.807) is 17.0 Å². The zero-order chi connectivity index (χ0) is 13.7. The van der Waals surface area contributed by atoms with E-state index in [0.717, 1.165) is 5.56 Å². The van der Waals surface area contributed by atoms with Gasteiger partial charge in [-0.15, -0.1) is 0 Å². The maximum absolute atomic E-state index is 11.7. The van der Waals surface area contributed by atoms with Crippen LogP contribution in [0.4, 0.5) is 4.79 Å². The van der Waals surface area contributed by atoms with Crippen molar-refractivity contribution >= 4 is 23.6 Å². The molecule has 0 aromatic heterocycles. The normalized spacial score (nSPS) is 14.4. The van der Waals surface area contributed by atoms with Crippen molar-refractivity contribution in [3.63, 3.8) is 0 Å². The fourth-order valence-corrected chi connectivity index (χ4v) is 1.94. The van der Waals surface area contributed by atoms with Gasteiger partial charge in [0.15, 0.2) is 0 Å². The van der Waals surface area contributed by atoms with Crippen molar-refractivity contribution in [1.82, 2.24) is 10.2 Å². The highest BCUT2D eigenvalue weighted by molar-refractivity contribution is 6.30. The number of halogens is 1. The molecule has 0 unspecified atom stereocenters. The van der Waals surface area contributed by atoms with Crippen molar-refractivity contribution in [3.8, 4) is 0 Å². The highest BCUT2D eigenvalue weighted by Gasteiger charge is 2.21. The molecule has 1 saturated heterocycles. The number of nitrogens with zero attached hydrogens (tertiary/aromatic N) is 1. The molecule has 1 aromatic rings. The lowest BCUT2D eigenvalue weighted by Crippen LogP contribution is -2.36. The first-order valence-electron chi connectivity index (χ1n) is 6.08. The van der Waals surface area contributed by atoms with Crippen LogP contribution in [0.5, 0.6) is 0 Å². The van der Waals surface area contributed by atoms with Crippen molar-refractivity contribution in [3.05, 3.63) is 34.9 Å². The van der Waals surface area contributed by atoms with Crippen LogP contribution in [0.2, 0.25) is 5.02 Å². The molecule has 0 radical (unpaired) electrons. The third kappa shape index (κ3) is 4.13. The van der Waals surface area contributed by atoms with Crippen molar-refractivity contribution in [2.75, 3.05) is 26.2 Å². The molecule has 5 nitrogen and oxygen atoms in total. The average Bonchev–Trinajstić information content (AvgIpc) is 2.78. The van der Waals surface area contributed by atoms with E-state index in [9.17, 15) is 9.59 Å². The molecule has 1 heterocycles. The summed E-state index contributed by atoms with van der Waals surface area (Å²) in [4.78, 5) is 24.4. The van der Waals surface area contributed by atoms with Gasteiger partial charge >= 0.3 is 6.09 Å². The maximum atomic E-state index is 11.7. The first kappa shape index (κ1) is 13.7. The maximum Gasteiger partial charge on any atom is 0.409 e. The molecule has 0 aliphatic carbocycles. The standard InChI is InChI=1S/C13H15ClN2O3/c14-11-3-1-10(2-4-11)9-12(17)15-5-6-16-7-8-19-13(16)18/h1-4H,5-9H2,(H,15,17). The lowest BCUT2D eigenvalue weighted by molar-refractivity contribution is -0.120. The molecule has 1 N–H and O–H groups in total. The Bertz CT molecular complexity index is 461. The molecule has 102 valence electrons. The Morgan fingerprint density at radius 3 is 2.74 bits per heavy atom. The topological polar surface area (TPSA) is 58.6 Å². The van der Waals surface area contributed by atoms with Crippen molar-refractivity contribution < 1.29 is 14.3 Å². The van der Waals surface area contributed by atoms with E-state index in [0.29, 0.717) is 37.7 Å². The van der Waals surface area contributed by atoms with Crippen LogP contribution in [0.3, 0.4) is 0 Å². The number of nitrogens with one attached hydrogen (secondary N) is 1. The van der Waals surface area contributed by atoms with E-state index in [4.69, 9.17) is 16.3 Å². The smallest absolute Gasteiger partial charge is 0.409 e. The molecule has 0 bridgehead atoms. The number of ether oxygens (including phenoxy) is 1. The SMILES string of the molecule is O=C(Cc1ccc(Cl)cc1)NCCN1CCOC1=O. The highest BCUT2D eigenvalue weighted by atomic mass is 35.5. The number of carbonyl (C=O) groups excluding carboxylic acids is 2. The number of hydrogen-bond acceptors (Lipinski definition) is 3. The fraction of sp³-hybridized carbons (Fsp3) is 0.385. The minimum Gasteiger partial charge on any atom is -0.448 e. The largest absolute Gasteiger partial charge is 0.448 e. The summed E-state index contributed by atoms with van der Waals surface area (Å²) in [6, 6.07) is 7.15. The third-order valence-corrected chi connectivity index (χ3v) is 3.08. The summed E-state index contributed by atoms with van der Waals surface area (Å²) in [5.41, 5.74) is 0.905. The van der Waals surface area contributed by atoms with Gasteiger partial charge in [0.25, 0.3) is 0 Å². The summed E-state index contributed by atoms with van der Waals surface area (Å²) < 4.78 is 4.79. The molecule has 6 heteroatoms. The molecule has 2 amide bonds. The molecule has 1 fully saturated rings. The monoisotopic (exact) mass is 282 g/mol. The zero-order valence-electron chi connectivity index (χ0n) is 10.4. The molecule has 2 rings (SSSR count). The van der Waals surface area contributed by atoms with Gasteiger partial charge in [-0.05, 0) is 17.7 Å². The molecule has 19 heavy (non-hydrogen) atoms. The van der Waals surface area contributed by atoms with Gasteiger partial charge in [-0.1, -0.05) is 23.7 Å². The lowest BCUT2D eigenvalue weighted by atomic mass is 10.1. The summed E-state index contributed by atoms with van der Waals surface area (Å²) in [5.74, 6) is -0.0742. The predicted octanol–water partition coefficient (Wildman–Crippen LogP) is 1.45. The number of carbonyl (C=O) groups is 2. The highest BCUT2D eigenvalue weighted by Crippen LogP contribution is 2.09. The summed E-state index contributed by atoms with van der Waals surface area (Å²) in [6.07, 6.45) is -0.00585. The van der Waals surface area contributed by atoms with E-state index in [1.807, 2.05) is 12.1 Å². The Morgan fingerprint density at radius 2 is 2.11 bits per heavy atom. The second-order valence-corrected chi connectivity index (χ2v) is 4.69. The molecular formula is C13H15ClN2O3. The summed E-state index contributed by atoms with van der Waals surface area (Å²) >= 11 is 5.77. The summed E-state index contributed by atoms with van der Waals surface area (Å²) in [5, 5.41) is 3.42. The van der Waals surface area contributed by atoms with Gasteiger partial charge in [0.1, 0.15) is 6.61 Å². The quantitative estimate of drug-likeness (QED) is 0.889. The van der Waals surface area contributed by atoms with Crippen LogP contribution >= 0.6 is 11.6 Å². The van der Waals surface area contributed by atoms with Gasteiger partial charge in [-0.2, -0.15) is 0 Å². The Morgan fingerprint density at radius 1 is 1.37 bits per heavy atom. The molecule has 0 spiro atoms. The lowest BCUT2D eigenvalue weighted by Gasteiger charge is -2.12. The van der Waals surface area contributed by atoms with Crippen LogP contribution < -0.4 is 5.32 Å². The van der Waals surface area contributed by atoms with Crippen molar-refractivity contribution in [2.24, 2.45) is 0 Å². The van der Waals surface area contributed by atoms with Gasteiger partial charge in [-0.3, -0.25) is 4.79 Å². The Labute approximate surface area is 116 Å². The van der Waals surface area contributed by atoms with Crippen LogP contribution in [0.15, 0.2) is 24.3 Å². The Kier molecular flexibility index (Phi) is 4.63. The molecular weight excluding hydrogens is 268 g/mol. The Hall–Kier alpha value is -1.75. The Balaban J connectivity index is 1.69. The van der Waals surface area contributed by atoms with Crippen LogP contribution in [0.25, 0.3) is 0 Å². The minimum atomic E-state index is -0.313. The third-order valence-electron chi connectivity index (χ3n) is 2.83. The van der Waals surface area contributed by atoms with E-state index in [1.165, 1.54) is 0 Å². The van der Waals surface area contributed by atoms with Gasteiger partial charge in [-0.25, -0.2) is 4.79 Å². The minimum absolute atomic E-state index is 0.0742. The van der Waals surface area contributed by atoms with Crippen LogP contribution in [-0.4, -0.2) is 43.1 Å². The number of amides is 2. The van der Waals surface area contributed by atoms with Crippen LogP contribution in [-0.2, 0) is 16.0 Å². The summed E-state index contributed by atoms with van der Waals surface area (Å²) in [6.45, 7) is 1.93. The van der Waals surface area contributed by atoms with E-state index < -0.39 is 0 Å². The van der Waals surface area contributed by atoms with Crippen LogP contribution in [0, 0.1) is 0 Å².